The van der Waals surface area contributed by atoms with Crippen LogP contribution in [-0.2, 0) is 0 Å². The van der Waals surface area contributed by atoms with Gasteiger partial charge in [-0.1, -0.05) is 46.5 Å². The lowest BCUT2D eigenvalue weighted by atomic mass is 9.65. The number of hydrazine groups is 1. The quantitative estimate of drug-likeness (QED) is 0.542. The van der Waals surface area contributed by atoms with Crippen molar-refractivity contribution in [2.45, 2.75) is 71.8 Å². The third-order valence-electron chi connectivity index (χ3n) is 4.16. The van der Waals surface area contributed by atoms with E-state index in [1.807, 2.05) is 0 Å². The number of hydrogen-bond donors (Lipinski definition) is 2. The summed E-state index contributed by atoms with van der Waals surface area (Å²) in [6.07, 6.45) is 9.30. The van der Waals surface area contributed by atoms with Gasteiger partial charge in [0.15, 0.2) is 0 Å². The van der Waals surface area contributed by atoms with Crippen LogP contribution in [0.3, 0.4) is 0 Å². The Hall–Kier alpha value is -0.0800. The van der Waals surface area contributed by atoms with Crippen LogP contribution in [0.4, 0.5) is 0 Å². The lowest BCUT2D eigenvalue weighted by molar-refractivity contribution is 0.0938. The van der Waals surface area contributed by atoms with Crippen LogP contribution in [0.25, 0.3) is 0 Å². The van der Waals surface area contributed by atoms with E-state index in [1.165, 1.54) is 44.9 Å². The van der Waals surface area contributed by atoms with Gasteiger partial charge in [0.1, 0.15) is 0 Å². The minimum Gasteiger partial charge on any atom is -0.271 e. The molecule has 0 aromatic carbocycles. The molecule has 0 aromatic rings. The highest BCUT2D eigenvalue weighted by Gasteiger charge is 2.36. The Morgan fingerprint density at radius 3 is 2.67 bits per heavy atom. The zero-order chi connectivity index (χ0) is 11.3. The van der Waals surface area contributed by atoms with Crippen LogP contribution in [0.2, 0.25) is 0 Å². The van der Waals surface area contributed by atoms with Gasteiger partial charge in [0.2, 0.25) is 0 Å². The molecule has 2 atom stereocenters. The summed E-state index contributed by atoms with van der Waals surface area (Å²) in [7, 11) is 0. The van der Waals surface area contributed by atoms with Crippen LogP contribution in [0, 0.1) is 11.3 Å². The van der Waals surface area contributed by atoms with E-state index >= 15 is 0 Å². The third kappa shape index (κ3) is 3.46. The molecule has 0 spiro atoms. The predicted molar refractivity (Wildman–Crippen MR) is 66.4 cm³/mol. The SMILES string of the molecule is CCCCC(NN)C1CCCCC1(C)C. The van der Waals surface area contributed by atoms with Crippen molar-refractivity contribution in [3.63, 3.8) is 0 Å². The van der Waals surface area contributed by atoms with Crippen molar-refractivity contribution in [1.29, 1.82) is 0 Å². The van der Waals surface area contributed by atoms with E-state index in [9.17, 15) is 0 Å². The van der Waals surface area contributed by atoms with Crippen molar-refractivity contribution >= 4 is 0 Å². The number of hydrogen-bond acceptors (Lipinski definition) is 2. The minimum atomic E-state index is 0.475. The maximum Gasteiger partial charge on any atom is 0.0243 e. The standard InChI is InChI=1S/C13H28N2/c1-4-5-9-12(15-14)11-8-6-7-10-13(11,2)3/h11-12,15H,4-10,14H2,1-3H3. The van der Waals surface area contributed by atoms with Crippen molar-refractivity contribution in [2.75, 3.05) is 0 Å². The van der Waals surface area contributed by atoms with Crippen LogP contribution in [-0.4, -0.2) is 6.04 Å². The fourth-order valence-electron chi connectivity index (χ4n) is 3.09. The topological polar surface area (TPSA) is 38.0 Å². The van der Waals surface area contributed by atoms with E-state index < -0.39 is 0 Å². The average Bonchev–Trinajstić information content (AvgIpc) is 2.20. The highest BCUT2D eigenvalue weighted by molar-refractivity contribution is 4.89. The van der Waals surface area contributed by atoms with Crippen LogP contribution in [0.1, 0.15) is 65.7 Å². The molecule has 1 fully saturated rings. The second kappa shape index (κ2) is 5.86. The van der Waals surface area contributed by atoms with Gasteiger partial charge in [-0.2, -0.15) is 0 Å². The monoisotopic (exact) mass is 212 g/mol. The zero-order valence-electron chi connectivity index (χ0n) is 10.7. The molecule has 0 radical (unpaired) electrons. The smallest absolute Gasteiger partial charge is 0.0243 e. The summed E-state index contributed by atoms with van der Waals surface area (Å²) in [5.41, 5.74) is 3.54. The van der Waals surface area contributed by atoms with Gasteiger partial charge < -0.3 is 0 Å². The molecule has 2 heteroatoms. The van der Waals surface area contributed by atoms with Crippen molar-refractivity contribution in [2.24, 2.45) is 17.2 Å². The molecule has 1 aliphatic rings. The third-order valence-corrected chi connectivity index (χ3v) is 4.16. The van der Waals surface area contributed by atoms with Gasteiger partial charge in [-0.3, -0.25) is 11.3 Å². The second-order valence-corrected chi connectivity index (χ2v) is 5.76. The van der Waals surface area contributed by atoms with Crippen molar-refractivity contribution < 1.29 is 0 Å². The number of nitrogens with two attached hydrogens (primary N) is 1. The molecule has 0 heterocycles. The molecule has 2 unspecified atom stereocenters. The normalized spacial score (nSPS) is 27.6. The molecular formula is C13H28N2. The Bertz CT molecular complexity index is 177. The Balaban J connectivity index is 2.56. The summed E-state index contributed by atoms with van der Waals surface area (Å²) < 4.78 is 0. The zero-order valence-corrected chi connectivity index (χ0v) is 10.7. The van der Waals surface area contributed by atoms with E-state index in [2.05, 4.69) is 26.2 Å². The first-order valence-corrected chi connectivity index (χ1v) is 6.58. The molecule has 15 heavy (non-hydrogen) atoms. The molecule has 0 aromatic heterocycles. The van der Waals surface area contributed by atoms with Crippen LogP contribution >= 0.6 is 0 Å². The largest absolute Gasteiger partial charge is 0.271 e. The van der Waals surface area contributed by atoms with Crippen molar-refractivity contribution in [1.82, 2.24) is 5.43 Å². The molecule has 0 bridgehead atoms. The molecule has 3 N–H and O–H groups in total. The van der Waals surface area contributed by atoms with Gasteiger partial charge in [-0.05, 0) is 30.6 Å². The summed E-state index contributed by atoms with van der Waals surface area (Å²) in [6.45, 7) is 7.07. The molecular weight excluding hydrogens is 184 g/mol. The first-order chi connectivity index (χ1) is 7.11. The van der Waals surface area contributed by atoms with E-state index in [4.69, 9.17) is 5.84 Å². The number of nitrogens with one attached hydrogen (secondary N) is 1. The Morgan fingerprint density at radius 2 is 2.13 bits per heavy atom. The second-order valence-electron chi connectivity index (χ2n) is 5.76. The predicted octanol–water partition coefficient (Wildman–Crippen LogP) is 3.22. The molecule has 0 aliphatic heterocycles. The molecule has 1 saturated carbocycles. The van der Waals surface area contributed by atoms with Crippen LogP contribution < -0.4 is 11.3 Å². The number of rotatable bonds is 5. The van der Waals surface area contributed by atoms with E-state index in [0.717, 1.165) is 5.92 Å². The van der Waals surface area contributed by atoms with Gasteiger partial charge in [-0.15, -0.1) is 0 Å². The van der Waals surface area contributed by atoms with E-state index in [-0.39, 0.29) is 0 Å². The maximum absolute atomic E-state index is 5.72. The molecule has 90 valence electrons. The Kier molecular flexibility index (Phi) is 5.07. The van der Waals surface area contributed by atoms with Gasteiger partial charge in [0.05, 0.1) is 0 Å². The first kappa shape index (κ1) is 13.0. The maximum atomic E-state index is 5.72. The molecule has 1 rings (SSSR count). The van der Waals surface area contributed by atoms with Crippen molar-refractivity contribution in [3.8, 4) is 0 Å². The van der Waals surface area contributed by atoms with Gasteiger partial charge in [-0.25, -0.2) is 0 Å². The summed E-state index contributed by atoms with van der Waals surface area (Å²) in [6, 6.07) is 0.528. The summed E-state index contributed by atoms with van der Waals surface area (Å²) >= 11 is 0. The van der Waals surface area contributed by atoms with Gasteiger partial charge in [0.25, 0.3) is 0 Å². The molecule has 2 nitrogen and oxygen atoms in total. The van der Waals surface area contributed by atoms with Crippen LogP contribution in [0.15, 0.2) is 0 Å². The highest BCUT2D eigenvalue weighted by Crippen LogP contribution is 2.43. The van der Waals surface area contributed by atoms with E-state index in [1.54, 1.807) is 0 Å². The molecule has 1 aliphatic carbocycles. The Morgan fingerprint density at radius 1 is 1.40 bits per heavy atom. The van der Waals surface area contributed by atoms with Crippen LogP contribution in [0.5, 0.6) is 0 Å². The minimum absolute atomic E-state index is 0.475. The lowest BCUT2D eigenvalue weighted by Crippen LogP contribution is -2.47. The number of unbranched alkanes of at least 4 members (excludes halogenated alkanes) is 1. The Labute approximate surface area is 95.0 Å². The summed E-state index contributed by atoms with van der Waals surface area (Å²) in [5, 5.41) is 0. The van der Waals surface area contributed by atoms with Crippen molar-refractivity contribution in [3.05, 3.63) is 0 Å². The van der Waals surface area contributed by atoms with Gasteiger partial charge in [0, 0.05) is 6.04 Å². The molecule has 0 saturated heterocycles. The first-order valence-electron chi connectivity index (χ1n) is 6.58. The molecule has 0 amide bonds. The summed E-state index contributed by atoms with van der Waals surface area (Å²) in [5.74, 6) is 6.48. The van der Waals surface area contributed by atoms with E-state index in [0.29, 0.717) is 11.5 Å². The average molecular weight is 212 g/mol. The highest BCUT2D eigenvalue weighted by atomic mass is 15.2. The fraction of sp³-hybridized carbons (Fsp3) is 1.00. The fourth-order valence-corrected chi connectivity index (χ4v) is 3.09. The lowest BCUT2D eigenvalue weighted by Gasteiger charge is -2.43. The summed E-state index contributed by atoms with van der Waals surface area (Å²) in [4.78, 5) is 0. The van der Waals surface area contributed by atoms with Gasteiger partial charge >= 0.3 is 0 Å².